The topological polar surface area (TPSA) is 94.6 Å². The molecule has 2 heterocycles. The summed E-state index contributed by atoms with van der Waals surface area (Å²) < 4.78 is 26.8. The average Bonchev–Trinajstić information content (AvgIpc) is 3.07. The fourth-order valence-electron chi connectivity index (χ4n) is 3.02. The smallest absolute Gasteiger partial charge is 0.352 e. The number of halogens is 2. The molecule has 0 bridgehead atoms. The van der Waals surface area contributed by atoms with Gasteiger partial charge < -0.3 is 10.1 Å². The highest BCUT2D eigenvalue weighted by Crippen LogP contribution is 2.38. The van der Waals surface area contributed by atoms with Gasteiger partial charge in [-0.3, -0.25) is 0 Å². The van der Waals surface area contributed by atoms with Crippen molar-refractivity contribution in [2.45, 2.75) is 20.4 Å². The molecule has 0 aliphatic rings. The zero-order valence-corrected chi connectivity index (χ0v) is 18.7. The SMILES string of the molecule is O=[N+]([O-])c1c(CS(=O)(=O)c2ccccc2)nc2c(Sc3ccccc3Cl)cc(Cl)cn12. The maximum absolute atomic E-state index is 12.8. The van der Waals surface area contributed by atoms with Gasteiger partial charge in [0, 0.05) is 4.90 Å². The van der Waals surface area contributed by atoms with E-state index in [1.54, 1.807) is 42.5 Å². The number of pyridine rings is 1. The summed E-state index contributed by atoms with van der Waals surface area (Å²) in [5.41, 5.74) is 0.0522. The Hall–Kier alpha value is -2.59. The first-order chi connectivity index (χ1) is 14.8. The van der Waals surface area contributed by atoms with Gasteiger partial charge in [0.25, 0.3) is 0 Å². The molecule has 0 atom stereocenters. The summed E-state index contributed by atoms with van der Waals surface area (Å²) in [5, 5.41) is 12.6. The summed E-state index contributed by atoms with van der Waals surface area (Å²) in [6.07, 6.45) is 1.34. The summed E-state index contributed by atoms with van der Waals surface area (Å²) in [4.78, 5) is 16.8. The molecule has 0 unspecified atom stereocenters. The molecule has 2 aromatic carbocycles. The summed E-state index contributed by atoms with van der Waals surface area (Å²) >= 11 is 13.7. The zero-order valence-electron chi connectivity index (χ0n) is 15.6. The molecule has 4 aromatic rings. The molecule has 4 rings (SSSR count). The van der Waals surface area contributed by atoms with Gasteiger partial charge in [0.05, 0.1) is 19.8 Å². The van der Waals surface area contributed by atoms with Gasteiger partial charge in [-0.2, -0.15) is 4.40 Å². The molecule has 0 aliphatic carbocycles. The number of aromatic nitrogens is 2. The summed E-state index contributed by atoms with van der Waals surface area (Å²) in [5.74, 6) is -1.07. The van der Waals surface area contributed by atoms with Crippen molar-refractivity contribution in [2.24, 2.45) is 0 Å². The van der Waals surface area contributed by atoms with Crippen molar-refractivity contribution in [1.29, 1.82) is 0 Å². The third-order valence-corrected chi connectivity index (χ3v) is 7.74. The second-order valence-electron chi connectivity index (χ2n) is 6.46. The Morgan fingerprint density at radius 3 is 2.39 bits per heavy atom. The third-order valence-electron chi connectivity index (χ3n) is 4.36. The lowest BCUT2D eigenvalue weighted by molar-refractivity contribution is -0.391. The van der Waals surface area contributed by atoms with Crippen molar-refractivity contribution in [2.75, 3.05) is 0 Å². The number of fused-ring (bicyclic) bond motifs is 1. The van der Waals surface area contributed by atoms with E-state index in [9.17, 15) is 18.5 Å². The van der Waals surface area contributed by atoms with Crippen molar-refractivity contribution >= 4 is 56.3 Å². The third kappa shape index (κ3) is 4.40. The Morgan fingerprint density at radius 1 is 1.03 bits per heavy atom. The molecule has 0 amide bonds. The molecule has 7 nitrogen and oxygen atoms in total. The van der Waals surface area contributed by atoms with Crippen LogP contribution in [-0.4, -0.2) is 22.7 Å². The molecule has 31 heavy (non-hydrogen) atoms. The number of imidazole rings is 1. The molecular weight excluding hydrogens is 481 g/mol. The molecule has 0 fully saturated rings. The quantitative estimate of drug-likeness (QED) is 0.253. The number of nitrogens with zero attached hydrogens (tertiary/aromatic N) is 3. The second kappa shape index (κ2) is 8.51. The maximum atomic E-state index is 12.8. The molecule has 11 heteroatoms. The Bertz CT molecular complexity index is 1410. The van der Waals surface area contributed by atoms with Crippen LogP contribution < -0.4 is 0 Å². The number of hydrogen-bond donors (Lipinski definition) is 0. The zero-order chi connectivity index (χ0) is 22.2. The van der Waals surface area contributed by atoms with Crippen LogP contribution in [0.2, 0.25) is 10.0 Å². The van der Waals surface area contributed by atoms with E-state index in [0.29, 0.717) is 14.8 Å². The second-order valence-corrected chi connectivity index (χ2v) is 10.4. The van der Waals surface area contributed by atoms with Crippen LogP contribution in [-0.2, 0) is 15.6 Å². The van der Waals surface area contributed by atoms with Gasteiger partial charge >= 0.3 is 5.82 Å². The standard InChI is InChI=1S/C20H13Cl2N3O4S2/c21-13-10-18(30-17-9-5-4-8-15(17)22)19-23-16(20(25(26)27)24(19)11-13)12-31(28,29)14-6-2-1-3-7-14/h1-11H,12H2. The highest BCUT2D eigenvalue weighted by molar-refractivity contribution is 7.99. The van der Waals surface area contributed by atoms with Crippen LogP contribution in [0.5, 0.6) is 0 Å². The fraction of sp³-hybridized carbons (Fsp3) is 0.0500. The maximum Gasteiger partial charge on any atom is 0.352 e. The highest BCUT2D eigenvalue weighted by Gasteiger charge is 2.30. The Morgan fingerprint density at radius 2 is 1.71 bits per heavy atom. The normalized spacial score (nSPS) is 11.7. The Labute approximate surface area is 191 Å². The van der Waals surface area contributed by atoms with E-state index < -0.39 is 26.3 Å². The predicted molar refractivity (Wildman–Crippen MR) is 120 cm³/mol. The van der Waals surface area contributed by atoms with E-state index in [0.717, 1.165) is 0 Å². The molecule has 2 aromatic heterocycles. The Balaban J connectivity index is 1.86. The van der Waals surface area contributed by atoms with Gasteiger partial charge in [-0.25, -0.2) is 13.4 Å². The first-order valence-corrected chi connectivity index (χ1v) is 12.0. The molecule has 0 aliphatic heterocycles. The molecule has 0 saturated heterocycles. The molecule has 0 spiro atoms. The van der Waals surface area contributed by atoms with E-state index in [2.05, 4.69) is 4.98 Å². The largest absolute Gasteiger partial charge is 0.358 e. The van der Waals surface area contributed by atoms with Crippen molar-refractivity contribution in [1.82, 2.24) is 9.38 Å². The van der Waals surface area contributed by atoms with E-state index in [-0.39, 0.29) is 21.3 Å². The molecule has 0 radical (unpaired) electrons. The van der Waals surface area contributed by atoms with E-state index >= 15 is 0 Å². The molecule has 0 saturated carbocycles. The van der Waals surface area contributed by atoms with Crippen LogP contribution in [0.15, 0.2) is 81.5 Å². The lowest BCUT2D eigenvalue weighted by Gasteiger charge is -2.04. The van der Waals surface area contributed by atoms with Gasteiger partial charge in [0.2, 0.25) is 5.65 Å². The lowest BCUT2D eigenvalue weighted by Crippen LogP contribution is -2.07. The number of nitro groups is 1. The van der Waals surface area contributed by atoms with Crippen LogP contribution in [0.1, 0.15) is 5.69 Å². The highest BCUT2D eigenvalue weighted by atomic mass is 35.5. The molecular formula is C20H13Cl2N3O4S2. The average molecular weight is 494 g/mol. The van der Waals surface area contributed by atoms with Crippen molar-refractivity contribution in [3.8, 4) is 0 Å². The van der Waals surface area contributed by atoms with Crippen molar-refractivity contribution < 1.29 is 13.3 Å². The van der Waals surface area contributed by atoms with Crippen LogP contribution in [0.3, 0.4) is 0 Å². The van der Waals surface area contributed by atoms with Gasteiger partial charge in [-0.05, 0) is 35.3 Å². The van der Waals surface area contributed by atoms with Crippen LogP contribution in [0, 0.1) is 10.1 Å². The van der Waals surface area contributed by atoms with E-state index in [1.807, 2.05) is 6.07 Å². The monoisotopic (exact) mass is 493 g/mol. The van der Waals surface area contributed by atoms with Gasteiger partial charge in [0.1, 0.15) is 11.9 Å². The van der Waals surface area contributed by atoms with E-state index in [4.69, 9.17) is 23.2 Å². The summed E-state index contributed by atoms with van der Waals surface area (Å²) in [7, 11) is -3.85. The number of sulfone groups is 1. The first-order valence-electron chi connectivity index (χ1n) is 8.81. The van der Waals surface area contributed by atoms with Crippen LogP contribution >= 0.6 is 35.0 Å². The molecule has 158 valence electrons. The van der Waals surface area contributed by atoms with Crippen LogP contribution in [0.25, 0.3) is 5.65 Å². The van der Waals surface area contributed by atoms with Crippen molar-refractivity contribution in [3.63, 3.8) is 0 Å². The molecule has 0 N–H and O–H groups in total. The van der Waals surface area contributed by atoms with Crippen molar-refractivity contribution in [3.05, 3.63) is 92.7 Å². The van der Waals surface area contributed by atoms with E-state index in [1.165, 1.54) is 34.5 Å². The minimum atomic E-state index is -3.85. The number of benzene rings is 2. The first kappa shape index (κ1) is 21.6. The van der Waals surface area contributed by atoms with Crippen LogP contribution in [0.4, 0.5) is 5.82 Å². The minimum absolute atomic E-state index is 0.0602. The summed E-state index contributed by atoms with van der Waals surface area (Å²) in [6.45, 7) is 0. The minimum Gasteiger partial charge on any atom is -0.358 e. The predicted octanol–water partition coefficient (Wildman–Crippen LogP) is 5.67. The lowest BCUT2D eigenvalue weighted by atomic mass is 10.4. The van der Waals surface area contributed by atoms with Gasteiger partial charge in [-0.1, -0.05) is 65.3 Å². The number of hydrogen-bond acceptors (Lipinski definition) is 6. The van der Waals surface area contributed by atoms with Gasteiger partial charge in [0.15, 0.2) is 15.5 Å². The summed E-state index contributed by atoms with van der Waals surface area (Å²) in [6, 6.07) is 16.4. The number of rotatable bonds is 6. The fourth-order valence-corrected chi connectivity index (χ4v) is 5.81. The van der Waals surface area contributed by atoms with Gasteiger partial charge in [-0.15, -0.1) is 0 Å². The Kier molecular flexibility index (Phi) is 5.94.